The normalized spacial score (nSPS) is 12.3. The topological polar surface area (TPSA) is 38.7 Å². The molecule has 0 aliphatic carbocycles. The molecule has 16 heavy (non-hydrogen) atoms. The molecule has 0 heterocycles. The summed E-state index contributed by atoms with van der Waals surface area (Å²) in [6, 6.07) is 3.90. The van der Waals surface area contributed by atoms with Crippen molar-refractivity contribution < 1.29 is 14.6 Å². The highest BCUT2D eigenvalue weighted by Gasteiger charge is 2.11. The minimum absolute atomic E-state index is 0.165. The van der Waals surface area contributed by atoms with Crippen LogP contribution < -0.4 is 9.47 Å². The average Bonchev–Trinajstić information content (AvgIpc) is 2.30. The highest BCUT2D eigenvalue weighted by molar-refractivity contribution is 8.00. The van der Waals surface area contributed by atoms with Crippen LogP contribution in [0.4, 0.5) is 0 Å². The molecule has 0 bridgehead atoms. The lowest BCUT2D eigenvalue weighted by molar-refractivity contribution is 0.300. The maximum atomic E-state index is 9.04. The molecule has 1 atom stereocenters. The van der Waals surface area contributed by atoms with Gasteiger partial charge in [-0.2, -0.15) is 0 Å². The smallest absolute Gasteiger partial charge is 0.161 e. The van der Waals surface area contributed by atoms with Gasteiger partial charge in [0.1, 0.15) is 0 Å². The Labute approximate surface area is 101 Å². The van der Waals surface area contributed by atoms with Crippen LogP contribution in [-0.4, -0.2) is 31.2 Å². The second-order valence-corrected chi connectivity index (χ2v) is 5.06. The molecule has 0 spiro atoms. The molecule has 0 aromatic heterocycles. The summed E-state index contributed by atoms with van der Waals surface area (Å²) in [6.07, 6.45) is 0. The van der Waals surface area contributed by atoms with E-state index in [1.54, 1.807) is 26.0 Å². The van der Waals surface area contributed by atoms with Gasteiger partial charge in [0.15, 0.2) is 11.5 Å². The monoisotopic (exact) mass is 242 g/mol. The molecule has 0 saturated carbocycles. The van der Waals surface area contributed by atoms with Gasteiger partial charge < -0.3 is 14.6 Å². The number of hydrogen-bond acceptors (Lipinski definition) is 4. The van der Waals surface area contributed by atoms with Crippen molar-refractivity contribution in [1.29, 1.82) is 0 Å². The third-order valence-corrected chi connectivity index (χ3v) is 3.51. The predicted molar refractivity (Wildman–Crippen MR) is 66.7 cm³/mol. The quantitative estimate of drug-likeness (QED) is 0.805. The van der Waals surface area contributed by atoms with Gasteiger partial charge in [-0.1, -0.05) is 6.92 Å². The summed E-state index contributed by atoms with van der Waals surface area (Å²) in [5.41, 5.74) is 1.13. The van der Waals surface area contributed by atoms with Crippen LogP contribution >= 0.6 is 11.8 Å². The zero-order valence-electron chi connectivity index (χ0n) is 10.1. The molecule has 0 fully saturated rings. The van der Waals surface area contributed by atoms with E-state index < -0.39 is 0 Å². The first kappa shape index (κ1) is 13.2. The van der Waals surface area contributed by atoms with Crippen LogP contribution in [0.15, 0.2) is 17.0 Å². The number of rotatable bonds is 5. The standard InChI is InChI=1S/C12H18O3S/c1-8-5-10(14-3)11(15-4)6-12(8)16-9(2)7-13/h5-6,9,13H,7H2,1-4H3. The number of thioether (sulfide) groups is 1. The maximum Gasteiger partial charge on any atom is 0.161 e. The Kier molecular flexibility index (Phi) is 4.96. The zero-order chi connectivity index (χ0) is 12.1. The van der Waals surface area contributed by atoms with Gasteiger partial charge in [-0.3, -0.25) is 0 Å². The largest absolute Gasteiger partial charge is 0.493 e. The van der Waals surface area contributed by atoms with Crippen LogP contribution in [0.1, 0.15) is 12.5 Å². The third kappa shape index (κ3) is 3.06. The molecule has 0 aliphatic rings. The molecule has 0 saturated heterocycles. The van der Waals surface area contributed by atoms with Crippen LogP contribution in [0.2, 0.25) is 0 Å². The molecular weight excluding hydrogens is 224 g/mol. The fourth-order valence-corrected chi connectivity index (χ4v) is 2.27. The molecule has 3 nitrogen and oxygen atoms in total. The Morgan fingerprint density at radius 2 is 1.81 bits per heavy atom. The van der Waals surface area contributed by atoms with Crippen molar-refractivity contribution in [3.8, 4) is 11.5 Å². The summed E-state index contributed by atoms with van der Waals surface area (Å²) in [5.74, 6) is 1.46. The summed E-state index contributed by atoms with van der Waals surface area (Å²) in [4.78, 5) is 1.11. The summed E-state index contributed by atoms with van der Waals surface area (Å²) in [5, 5.41) is 9.22. The van der Waals surface area contributed by atoms with Crippen LogP contribution in [-0.2, 0) is 0 Å². The molecule has 0 aliphatic heterocycles. The van der Waals surface area contributed by atoms with Crippen molar-refractivity contribution in [2.75, 3.05) is 20.8 Å². The van der Waals surface area contributed by atoms with E-state index in [0.29, 0.717) is 0 Å². The second-order valence-electron chi connectivity index (χ2n) is 3.58. The van der Waals surface area contributed by atoms with Gasteiger partial charge in [-0.25, -0.2) is 0 Å². The molecule has 0 amide bonds. The van der Waals surface area contributed by atoms with E-state index in [0.717, 1.165) is 22.0 Å². The van der Waals surface area contributed by atoms with Crippen LogP contribution in [0.25, 0.3) is 0 Å². The number of ether oxygens (including phenoxy) is 2. The number of aliphatic hydroxyl groups is 1. The van der Waals surface area contributed by atoms with Gasteiger partial charge in [0.05, 0.1) is 20.8 Å². The minimum atomic E-state index is 0.165. The van der Waals surface area contributed by atoms with Gasteiger partial charge >= 0.3 is 0 Å². The third-order valence-electron chi connectivity index (χ3n) is 2.27. The summed E-state index contributed by atoms with van der Waals surface area (Å²) < 4.78 is 10.5. The lowest BCUT2D eigenvalue weighted by Gasteiger charge is -2.14. The zero-order valence-corrected chi connectivity index (χ0v) is 10.9. The molecule has 1 aromatic rings. The SMILES string of the molecule is COc1cc(C)c(SC(C)CO)cc1OC. The van der Waals surface area contributed by atoms with E-state index in [9.17, 15) is 0 Å². The van der Waals surface area contributed by atoms with E-state index in [4.69, 9.17) is 14.6 Å². The Bertz CT molecular complexity index is 352. The summed E-state index contributed by atoms with van der Waals surface area (Å²) in [6.45, 7) is 4.17. The lowest BCUT2D eigenvalue weighted by atomic mass is 10.2. The Morgan fingerprint density at radius 3 is 2.31 bits per heavy atom. The second kappa shape index (κ2) is 6.01. The Balaban J connectivity index is 3.01. The van der Waals surface area contributed by atoms with E-state index >= 15 is 0 Å². The van der Waals surface area contributed by atoms with E-state index in [1.807, 2.05) is 26.0 Å². The first-order valence-corrected chi connectivity index (χ1v) is 6.00. The first-order chi connectivity index (χ1) is 7.62. The van der Waals surface area contributed by atoms with Gasteiger partial charge in [-0.15, -0.1) is 11.8 Å². The highest BCUT2D eigenvalue weighted by Crippen LogP contribution is 2.36. The fourth-order valence-electron chi connectivity index (χ4n) is 1.34. The van der Waals surface area contributed by atoms with E-state index in [1.165, 1.54) is 0 Å². The minimum Gasteiger partial charge on any atom is -0.493 e. The van der Waals surface area contributed by atoms with E-state index in [-0.39, 0.29) is 11.9 Å². The molecule has 1 unspecified atom stereocenters. The van der Waals surface area contributed by atoms with Gasteiger partial charge in [-0.05, 0) is 24.6 Å². The number of benzene rings is 1. The van der Waals surface area contributed by atoms with Crippen molar-refractivity contribution >= 4 is 11.8 Å². The number of methoxy groups -OCH3 is 2. The van der Waals surface area contributed by atoms with Crippen LogP contribution in [0.3, 0.4) is 0 Å². The summed E-state index contributed by atoms with van der Waals surface area (Å²) >= 11 is 1.63. The van der Waals surface area contributed by atoms with Gasteiger partial charge in [0.2, 0.25) is 0 Å². The number of aryl methyl sites for hydroxylation is 1. The van der Waals surface area contributed by atoms with Gasteiger partial charge in [0, 0.05) is 10.1 Å². The van der Waals surface area contributed by atoms with Crippen molar-refractivity contribution in [3.63, 3.8) is 0 Å². The van der Waals surface area contributed by atoms with Crippen molar-refractivity contribution in [3.05, 3.63) is 17.7 Å². The highest BCUT2D eigenvalue weighted by atomic mass is 32.2. The van der Waals surface area contributed by atoms with Crippen molar-refractivity contribution in [1.82, 2.24) is 0 Å². The van der Waals surface area contributed by atoms with Gasteiger partial charge in [0.25, 0.3) is 0 Å². The average molecular weight is 242 g/mol. The molecular formula is C12H18O3S. The van der Waals surface area contributed by atoms with Crippen LogP contribution in [0, 0.1) is 6.92 Å². The van der Waals surface area contributed by atoms with E-state index in [2.05, 4.69) is 0 Å². The number of hydrogen-bond donors (Lipinski definition) is 1. The first-order valence-electron chi connectivity index (χ1n) is 5.12. The lowest BCUT2D eigenvalue weighted by Crippen LogP contribution is -2.02. The molecule has 1 aromatic carbocycles. The van der Waals surface area contributed by atoms with Crippen molar-refractivity contribution in [2.45, 2.75) is 24.0 Å². The van der Waals surface area contributed by atoms with Crippen LogP contribution in [0.5, 0.6) is 11.5 Å². The molecule has 4 heteroatoms. The fraction of sp³-hybridized carbons (Fsp3) is 0.500. The number of aliphatic hydroxyl groups excluding tert-OH is 1. The van der Waals surface area contributed by atoms with Crippen molar-refractivity contribution in [2.24, 2.45) is 0 Å². The predicted octanol–water partition coefficient (Wildman–Crippen LogP) is 2.49. The Hall–Kier alpha value is -0.870. The maximum absolute atomic E-state index is 9.04. The molecule has 1 rings (SSSR count). The molecule has 90 valence electrons. The molecule has 1 N–H and O–H groups in total. The Morgan fingerprint density at radius 1 is 1.25 bits per heavy atom. The summed E-state index contributed by atoms with van der Waals surface area (Å²) in [7, 11) is 3.25. The molecule has 0 radical (unpaired) electrons.